The van der Waals surface area contributed by atoms with Gasteiger partial charge < -0.3 is 10.2 Å². The van der Waals surface area contributed by atoms with Crippen LogP contribution in [0.3, 0.4) is 0 Å². The maximum Gasteiger partial charge on any atom is 0.225 e. The third-order valence-electron chi connectivity index (χ3n) is 5.13. The number of hydrogen-bond donors (Lipinski definition) is 1. The number of nitrogens with one attached hydrogen (secondary N) is 1. The van der Waals surface area contributed by atoms with Crippen LogP contribution in [0.25, 0.3) is 10.8 Å². The molecule has 0 saturated carbocycles. The molecule has 8 heteroatoms. The number of unbranched alkanes of at least 4 members (excludes halogenated alkanes) is 1. The van der Waals surface area contributed by atoms with Gasteiger partial charge in [0.1, 0.15) is 5.82 Å². The number of halogens is 2. The van der Waals surface area contributed by atoms with Gasteiger partial charge in [0.15, 0.2) is 5.82 Å². The highest BCUT2D eigenvalue weighted by Crippen LogP contribution is 2.20. The van der Waals surface area contributed by atoms with Crippen molar-refractivity contribution in [3.63, 3.8) is 0 Å². The van der Waals surface area contributed by atoms with Crippen LogP contribution in [-0.2, 0) is 0 Å². The van der Waals surface area contributed by atoms with Crippen LogP contribution in [0, 0.1) is 5.82 Å². The normalized spacial score (nSPS) is 14.6. The average Bonchev–Trinajstić information content (AvgIpc) is 2.75. The van der Waals surface area contributed by atoms with Crippen molar-refractivity contribution < 1.29 is 4.39 Å². The van der Waals surface area contributed by atoms with Crippen LogP contribution >= 0.6 is 17.0 Å². The second kappa shape index (κ2) is 10.5. The Morgan fingerprint density at radius 1 is 0.931 bits per heavy atom. The predicted molar refractivity (Wildman–Crippen MR) is 120 cm³/mol. The quantitative estimate of drug-likeness (QED) is 0.541. The Labute approximate surface area is 180 Å². The Balaban J connectivity index is 0.00000240. The molecule has 0 spiro atoms. The molecule has 154 valence electrons. The average molecular weight is 461 g/mol. The van der Waals surface area contributed by atoms with Crippen LogP contribution in [0.1, 0.15) is 12.8 Å². The van der Waals surface area contributed by atoms with Crippen molar-refractivity contribution in [3.05, 3.63) is 54.7 Å². The standard InChI is InChI=1S/C21H25FN6.BrH/c22-18-15-25-21(26-16-18)28-13-11-27(12-14-28)10-4-3-8-23-20-19-6-2-1-5-17(19)7-9-24-20;/h1-2,5-7,9,15-16H,3-4,8,10-14H2,(H,23,24);1H. The van der Waals surface area contributed by atoms with E-state index in [1.165, 1.54) is 23.2 Å². The van der Waals surface area contributed by atoms with Crippen molar-refractivity contribution in [2.75, 3.05) is 49.5 Å². The molecule has 1 aliphatic rings. The van der Waals surface area contributed by atoms with Gasteiger partial charge in [-0.1, -0.05) is 24.3 Å². The monoisotopic (exact) mass is 460 g/mol. The van der Waals surface area contributed by atoms with Gasteiger partial charge in [-0.25, -0.2) is 19.3 Å². The number of aromatic nitrogens is 3. The molecule has 0 aliphatic carbocycles. The van der Waals surface area contributed by atoms with E-state index in [1.807, 2.05) is 24.4 Å². The molecule has 1 aromatic carbocycles. The summed E-state index contributed by atoms with van der Waals surface area (Å²) in [6, 6.07) is 10.4. The summed E-state index contributed by atoms with van der Waals surface area (Å²) >= 11 is 0. The van der Waals surface area contributed by atoms with Crippen LogP contribution in [0.4, 0.5) is 16.2 Å². The summed E-state index contributed by atoms with van der Waals surface area (Å²) in [6.45, 7) is 5.73. The summed E-state index contributed by atoms with van der Waals surface area (Å²) in [5, 5.41) is 5.86. The first-order valence-corrected chi connectivity index (χ1v) is 9.82. The highest BCUT2D eigenvalue weighted by molar-refractivity contribution is 8.93. The van der Waals surface area contributed by atoms with Crippen molar-refractivity contribution in [1.29, 1.82) is 0 Å². The lowest BCUT2D eigenvalue weighted by atomic mass is 10.1. The fourth-order valence-electron chi connectivity index (χ4n) is 3.57. The van der Waals surface area contributed by atoms with Gasteiger partial charge in [0.2, 0.25) is 5.95 Å². The lowest BCUT2D eigenvalue weighted by Gasteiger charge is -2.34. The third-order valence-corrected chi connectivity index (χ3v) is 5.13. The van der Waals surface area contributed by atoms with E-state index < -0.39 is 5.82 Å². The molecular weight excluding hydrogens is 435 g/mol. The van der Waals surface area contributed by atoms with E-state index in [1.54, 1.807) is 0 Å². The first-order valence-electron chi connectivity index (χ1n) is 9.82. The molecule has 0 atom stereocenters. The van der Waals surface area contributed by atoms with Crippen LogP contribution < -0.4 is 10.2 Å². The molecule has 1 N–H and O–H groups in total. The van der Waals surface area contributed by atoms with Crippen molar-refractivity contribution in [2.45, 2.75) is 12.8 Å². The zero-order valence-electron chi connectivity index (χ0n) is 16.3. The van der Waals surface area contributed by atoms with Gasteiger partial charge in [0, 0.05) is 44.3 Å². The SMILES string of the molecule is Br.Fc1cnc(N2CCN(CCCCNc3nccc4ccccc34)CC2)nc1. The van der Waals surface area contributed by atoms with Crippen LogP contribution in [0.15, 0.2) is 48.9 Å². The Hall–Kier alpha value is -2.32. The van der Waals surface area contributed by atoms with E-state index in [4.69, 9.17) is 0 Å². The molecule has 1 aliphatic heterocycles. The smallest absolute Gasteiger partial charge is 0.225 e. The van der Waals surface area contributed by atoms with Gasteiger partial charge in [-0.3, -0.25) is 4.90 Å². The number of fused-ring (bicyclic) bond motifs is 1. The molecular formula is C21H26BrFN6. The van der Waals surface area contributed by atoms with E-state index in [9.17, 15) is 4.39 Å². The first kappa shape index (κ1) is 21.4. The first-order chi connectivity index (χ1) is 13.8. The number of anilines is 2. The summed E-state index contributed by atoms with van der Waals surface area (Å²) in [6.07, 6.45) is 6.56. The fourth-order valence-corrected chi connectivity index (χ4v) is 3.57. The molecule has 0 bridgehead atoms. The molecule has 0 unspecified atom stereocenters. The minimum atomic E-state index is -0.394. The molecule has 0 amide bonds. The van der Waals surface area contributed by atoms with Gasteiger partial charge in [-0.05, 0) is 30.8 Å². The highest BCUT2D eigenvalue weighted by Gasteiger charge is 2.18. The number of rotatable bonds is 7. The lowest BCUT2D eigenvalue weighted by Crippen LogP contribution is -2.47. The Kier molecular flexibility index (Phi) is 7.71. The topological polar surface area (TPSA) is 57.2 Å². The minimum Gasteiger partial charge on any atom is -0.370 e. The van der Waals surface area contributed by atoms with Gasteiger partial charge in [-0.15, -0.1) is 17.0 Å². The Morgan fingerprint density at radius 3 is 2.48 bits per heavy atom. The number of pyridine rings is 1. The molecule has 0 radical (unpaired) electrons. The van der Waals surface area contributed by atoms with Crippen LogP contribution in [-0.4, -0.2) is 59.1 Å². The summed E-state index contributed by atoms with van der Waals surface area (Å²) in [5.74, 6) is 1.19. The summed E-state index contributed by atoms with van der Waals surface area (Å²) in [4.78, 5) is 17.2. The summed E-state index contributed by atoms with van der Waals surface area (Å²) in [7, 11) is 0. The molecule has 29 heavy (non-hydrogen) atoms. The van der Waals surface area contributed by atoms with Gasteiger partial charge >= 0.3 is 0 Å². The number of piperazine rings is 1. The van der Waals surface area contributed by atoms with Gasteiger partial charge in [0.05, 0.1) is 12.4 Å². The Morgan fingerprint density at radius 2 is 1.69 bits per heavy atom. The van der Waals surface area contributed by atoms with Crippen molar-refractivity contribution >= 4 is 39.5 Å². The van der Waals surface area contributed by atoms with E-state index in [2.05, 4.69) is 42.2 Å². The molecule has 3 heterocycles. The molecule has 3 aromatic rings. The second-order valence-corrected chi connectivity index (χ2v) is 7.04. The van der Waals surface area contributed by atoms with Gasteiger partial charge in [-0.2, -0.15) is 0 Å². The molecule has 2 aromatic heterocycles. The largest absolute Gasteiger partial charge is 0.370 e. The predicted octanol–water partition coefficient (Wildman–Crippen LogP) is 3.76. The maximum atomic E-state index is 12.9. The number of hydrogen-bond acceptors (Lipinski definition) is 6. The van der Waals surface area contributed by atoms with Crippen molar-refractivity contribution in [2.24, 2.45) is 0 Å². The van der Waals surface area contributed by atoms with E-state index >= 15 is 0 Å². The van der Waals surface area contributed by atoms with E-state index in [0.717, 1.165) is 57.9 Å². The molecule has 4 rings (SSSR count). The van der Waals surface area contributed by atoms with Gasteiger partial charge in [0.25, 0.3) is 0 Å². The molecule has 1 fully saturated rings. The van der Waals surface area contributed by atoms with E-state index in [-0.39, 0.29) is 17.0 Å². The minimum absolute atomic E-state index is 0. The Bertz CT molecular complexity index is 894. The summed E-state index contributed by atoms with van der Waals surface area (Å²) in [5.41, 5.74) is 0. The van der Waals surface area contributed by atoms with Crippen molar-refractivity contribution in [1.82, 2.24) is 19.9 Å². The number of benzene rings is 1. The van der Waals surface area contributed by atoms with Crippen LogP contribution in [0.5, 0.6) is 0 Å². The summed E-state index contributed by atoms with van der Waals surface area (Å²) < 4.78 is 12.9. The zero-order chi connectivity index (χ0) is 19.2. The van der Waals surface area contributed by atoms with Crippen LogP contribution in [0.2, 0.25) is 0 Å². The highest BCUT2D eigenvalue weighted by atomic mass is 79.9. The number of nitrogens with zero attached hydrogens (tertiary/aromatic N) is 5. The molecule has 1 saturated heterocycles. The zero-order valence-corrected chi connectivity index (χ0v) is 18.0. The lowest BCUT2D eigenvalue weighted by molar-refractivity contribution is 0.252. The van der Waals surface area contributed by atoms with Crippen molar-refractivity contribution in [3.8, 4) is 0 Å². The third kappa shape index (κ3) is 5.61. The second-order valence-electron chi connectivity index (χ2n) is 7.04. The van der Waals surface area contributed by atoms with E-state index in [0.29, 0.717) is 5.95 Å². The molecule has 6 nitrogen and oxygen atoms in total. The fraction of sp³-hybridized carbons (Fsp3) is 0.381. The maximum absolute atomic E-state index is 12.9.